The molecule has 1 heterocycles. The van der Waals surface area contributed by atoms with Crippen molar-refractivity contribution >= 4 is 35.8 Å². The largest absolute Gasteiger partial charge is 0.356 e. The Morgan fingerprint density at radius 2 is 2.00 bits per heavy atom. The highest BCUT2D eigenvalue weighted by Crippen LogP contribution is 2.18. The summed E-state index contributed by atoms with van der Waals surface area (Å²) in [5.74, 6) is 1.49. The molecule has 2 N–H and O–H groups in total. The van der Waals surface area contributed by atoms with E-state index in [4.69, 9.17) is 0 Å². The van der Waals surface area contributed by atoms with E-state index >= 15 is 0 Å². The summed E-state index contributed by atoms with van der Waals surface area (Å²) in [6, 6.07) is 10.6. The zero-order valence-electron chi connectivity index (χ0n) is 17.6. The molecule has 6 nitrogen and oxygen atoms in total. The fourth-order valence-corrected chi connectivity index (χ4v) is 3.53. The van der Waals surface area contributed by atoms with Gasteiger partial charge >= 0.3 is 0 Å². The van der Waals surface area contributed by atoms with Crippen molar-refractivity contribution in [2.24, 2.45) is 4.99 Å². The third-order valence-electron chi connectivity index (χ3n) is 5.17. The van der Waals surface area contributed by atoms with Crippen LogP contribution in [0, 0.1) is 0 Å². The fourth-order valence-electron chi connectivity index (χ4n) is 3.53. The Morgan fingerprint density at radius 3 is 2.64 bits per heavy atom. The number of benzene rings is 1. The van der Waals surface area contributed by atoms with Crippen molar-refractivity contribution in [3.63, 3.8) is 0 Å². The van der Waals surface area contributed by atoms with Crippen molar-refractivity contribution in [2.45, 2.75) is 38.1 Å². The van der Waals surface area contributed by atoms with E-state index in [1.54, 1.807) is 11.9 Å². The lowest BCUT2D eigenvalue weighted by molar-refractivity contribution is -0.133. The number of nitrogens with one attached hydrogen (secondary N) is 2. The first-order valence-corrected chi connectivity index (χ1v) is 9.97. The highest BCUT2D eigenvalue weighted by molar-refractivity contribution is 14.0. The molecule has 1 aliphatic heterocycles. The van der Waals surface area contributed by atoms with Gasteiger partial charge in [0.2, 0.25) is 5.91 Å². The number of hydrogen-bond donors (Lipinski definition) is 2. The lowest BCUT2D eigenvalue weighted by Gasteiger charge is -2.26. The number of likely N-dealkylation sites (N-methyl/N-ethyl adjacent to an activating group) is 1. The van der Waals surface area contributed by atoms with Gasteiger partial charge in [-0.15, -0.1) is 24.0 Å². The van der Waals surface area contributed by atoms with Crippen molar-refractivity contribution < 1.29 is 4.79 Å². The highest BCUT2D eigenvalue weighted by Gasteiger charge is 2.30. The lowest BCUT2D eigenvalue weighted by atomic mass is 10.0. The van der Waals surface area contributed by atoms with Crippen LogP contribution in [-0.4, -0.2) is 75.0 Å². The first-order chi connectivity index (χ1) is 13.0. The summed E-state index contributed by atoms with van der Waals surface area (Å²) in [5, 5.41) is 6.79. The molecule has 0 aliphatic carbocycles. The second-order valence-electron chi connectivity index (χ2n) is 7.47. The highest BCUT2D eigenvalue weighted by atomic mass is 127. The van der Waals surface area contributed by atoms with E-state index in [1.807, 2.05) is 20.2 Å². The molecule has 0 spiro atoms. The van der Waals surface area contributed by atoms with Crippen LogP contribution in [0.3, 0.4) is 0 Å². The van der Waals surface area contributed by atoms with Gasteiger partial charge in [0, 0.05) is 40.8 Å². The zero-order chi connectivity index (χ0) is 19.6. The first kappa shape index (κ1) is 24.7. The summed E-state index contributed by atoms with van der Waals surface area (Å²) in [5.41, 5.74) is 1.33. The SMILES string of the molecule is CN=C(NCCCN1CCCC1C(=O)N(C)C)NCC(C)c1ccccc1.I. The van der Waals surface area contributed by atoms with E-state index in [0.717, 1.165) is 51.4 Å². The van der Waals surface area contributed by atoms with Gasteiger partial charge in [-0.1, -0.05) is 37.3 Å². The van der Waals surface area contributed by atoms with Gasteiger partial charge in [0.1, 0.15) is 0 Å². The van der Waals surface area contributed by atoms with Gasteiger partial charge in [-0.05, 0) is 37.3 Å². The van der Waals surface area contributed by atoms with Gasteiger partial charge in [-0.3, -0.25) is 14.7 Å². The van der Waals surface area contributed by atoms with Crippen LogP contribution in [0.1, 0.15) is 37.7 Å². The van der Waals surface area contributed by atoms with Crippen LogP contribution < -0.4 is 10.6 Å². The van der Waals surface area contributed by atoms with Crippen LogP contribution in [0.4, 0.5) is 0 Å². The van der Waals surface area contributed by atoms with E-state index in [1.165, 1.54) is 5.56 Å². The first-order valence-electron chi connectivity index (χ1n) is 9.97. The molecule has 2 atom stereocenters. The van der Waals surface area contributed by atoms with Crippen molar-refractivity contribution in [1.82, 2.24) is 20.4 Å². The molecule has 2 unspecified atom stereocenters. The summed E-state index contributed by atoms with van der Waals surface area (Å²) >= 11 is 0. The predicted molar refractivity (Wildman–Crippen MR) is 128 cm³/mol. The fraction of sp³-hybridized carbons (Fsp3) is 0.619. The Labute approximate surface area is 187 Å². The number of likely N-dealkylation sites (tertiary alicyclic amines) is 1. The minimum absolute atomic E-state index is 0. The van der Waals surface area contributed by atoms with E-state index in [9.17, 15) is 4.79 Å². The molecule has 0 aromatic heterocycles. The number of carbonyl (C=O) groups excluding carboxylic acids is 1. The molecule has 0 bridgehead atoms. The number of guanidine groups is 1. The molecule has 0 saturated carbocycles. The van der Waals surface area contributed by atoms with E-state index < -0.39 is 0 Å². The molecule has 1 saturated heterocycles. The summed E-state index contributed by atoms with van der Waals surface area (Å²) in [6.07, 6.45) is 3.08. The molecule has 1 aliphatic rings. The summed E-state index contributed by atoms with van der Waals surface area (Å²) in [7, 11) is 5.48. The Morgan fingerprint density at radius 1 is 1.29 bits per heavy atom. The van der Waals surface area contributed by atoms with Gasteiger partial charge in [-0.25, -0.2) is 0 Å². The summed E-state index contributed by atoms with van der Waals surface area (Å²) in [4.78, 5) is 20.6. The van der Waals surface area contributed by atoms with Crippen molar-refractivity contribution in [2.75, 3.05) is 47.3 Å². The third-order valence-corrected chi connectivity index (χ3v) is 5.17. The Hall–Kier alpha value is -1.35. The minimum Gasteiger partial charge on any atom is -0.356 e. The number of nitrogens with zero attached hydrogens (tertiary/aromatic N) is 3. The maximum atomic E-state index is 12.2. The summed E-state index contributed by atoms with van der Waals surface area (Å²) in [6.45, 7) is 5.86. The standard InChI is InChI=1S/C21H35N5O.HI/c1-17(18-10-6-5-7-11-18)16-24-21(22-2)23-13-9-15-26-14-8-12-19(26)20(27)25(3)4;/h5-7,10-11,17,19H,8-9,12-16H2,1-4H3,(H2,22,23,24);1H. The van der Waals surface area contributed by atoms with Crippen LogP contribution in [0.25, 0.3) is 0 Å². The van der Waals surface area contributed by atoms with Crippen LogP contribution in [0.5, 0.6) is 0 Å². The van der Waals surface area contributed by atoms with Gasteiger partial charge < -0.3 is 15.5 Å². The zero-order valence-corrected chi connectivity index (χ0v) is 20.0. The maximum Gasteiger partial charge on any atom is 0.239 e. The van der Waals surface area contributed by atoms with E-state index in [2.05, 4.69) is 51.7 Å². The quantitative estimate of drug-likeness (QED) is 0.249. The third kappa shape index (κ3) is 7.58. The van der Waals surface area contributed by atoms with E-state index in [-0.39, 0.29) is 35.9 Å². The average Bonchev–Trinajstić information content (AvgIpc) is 3.15. The molecule has 2 rings (SSSR count). The predicted octanol–water partition coefficient (Wildman–Crippen LogP) is 2.52. The number of carbonyl (C=O) groups is 1. The number of halogens is 1. The molecule has 1 fully saturated rings. The van der Waals surface area contributed by atoms with Gasteiger partial charge in [0.05, 0.1) is 6.04 Å². The van der Waals surface area contributed by atoms with Crippen LogP contribution in [0.2, 0.25) is 0 Å². The molecule has 28 heavy (non-hydrogen) atoms. The lowest BCUT2D eigenvalue weighted by Crippen LogP contribution is -2.44. The topological polar surface area (TPSA) is 60.0 Å². The Balaban J connectivity index is 0.00000392. The number of amides is 1. The molecular formula is C21H36IN5O. The summed E-state index contributed by atoms with van der Waals surface area (Å²) < 4.78 is 0. The van der Waals surface area contributed by atoms with Gasteiger partial charge in [0.25, 0.3) is 0 Å². The average molecular weight is 501 g/mol. The molecule has 1 aromatic rings. The Kier molecular flexibility index (Phi) is 11.4. The monoisotopic (exact) mass is 501 g/mol. The normalized spacial score (nSPS) is 18.3. The molecule has 7 heteroatoms. The van der Waals surface area contributed by atoms with Crippen molar-refractivity contribution in [3.05, 3.63) is 35.9 Å². The van der Waals surface area contributed by atoms with Crippen LogP contribution >= 0.6 is 24.0 Å². The Bertz CT molecular complexity index is 608. The van der Waals surface area contributed by atoms with Crippen molar-refractivity contribution in [3.8, 4) is 0 Å². The second kappa shape index (κ2) is 13.0. The van der Waals surface area contributed by atoms with Crippen molar-refractivity contribution in [1.29, 1.82) is 0 Å². The van der Waals surface area contributed by atoms with Crippen LogP contribution in [-0.2, 0) is 4.79 Å². The molecular weight excluding hydrogens is 465 g/mol. The smallest absolute Gasteiger partial charge is 0.239 e. The molecule has 158 valence electrons. The van der Waals surface area contributed by atoms with Crippen LogP contribution in [0.15, 0.2) is 35.3 Å². The number of aliphatic imine (C=N–C) groups is 1. The second-order valence-corrected chi connectivity index (χ2v) is 7.47. The minimum atomic E-state index is 0. The van der Waals surface area contributed by atoms with E-state index in [0.29, 0.717) is 5.92 Å². The van der Waals surface area contributed by atoms with Gasteiger partial charge in [0.15, 0.2) is 5.96 Å². The number of rotatable bonds is 8. The molecule has 1 aromatic carbocycles. The molecule has 1 amide bonds. The molecule has 0 radical (unpaired) electrons. The number of hydrogen-bond acceptors (Lipinski definition) is 3. The van der Waals surface area contributed by atoms with Gasteiger partial charge in [-0.2, -0.15) is 0 Å². The maximum absolute atomic E-state index is 12.2.